The minimum absolute atomic E-state index is 0.190. The number of nitrogens with one attached hydrogen (secondary N) is 1. The van der Waals surface area contributed by atoms with E-state index in [0.29, 0.717) is 76.9 Å². The maximum atomic E-state index is 13.7. The number of carbonyl (C=O) groups excluding carboxylic acids is 2. The van der Waals surface area contributed by atoms with Crippen molar-refractivity contribution in [2.45, 2.75) is 24.1 Å². The van der Waals surface area contributed by atoms with E-state index in [9.17, 15) is 18.0 Å². The van der Waals surface area contributed by atoms with Crippen LogP contribution in [0.25, 0.3) is 21.6 Å². The number of ketones is 1. The molecule has 1 aliphatic rings. The van der Waals surface area contributed by atoms with Crippen LogP contribution in [0.5, 0.6) is 5.75 Å². The van der Waals surface area contributed by atoms with Gasteiger partial charge in [-0.15, -0.1) is 11.3 Å². The number of aryl methyl sites for hydroxylation is 1. The van der Waals surface area contributed by atoms with Gasteiger partial charge in [-0.1, -0.05) is 66.2 Å². The summed E-state index contributed by atoms with van der Waals surface area (Å²) in [5, 5.41) is 2.94. The lowest BCUT2D eigenvalue weighted by molar-refractivity contribution is 0.0954. The lowest BCUT2D eigenvalue weighted by atomic mass is 9.93. The Kier molecular flexibility index (Phi) is 9.65. The molecule has 0 radical (unpaired) electrons. The lowest BCUT2D eigenvalue weighted by Crippen LogP contribution is -2.21. The predicted octanol–water partition coefficient (Wildman–Crippen LogP) is 6.19. The Hall–Kier alpha value is -4.61. The van der Waals surface area contributed by atoms with Gasteiger partial charge >= 0.3 is 0 Å². The third kappa shape index (κ3) is 7.21. The third-order valence-corrected chi connectivity index (χ3v) is 10.8. The van der Waals surface area contributed by atoms with E-state index in [1.54, 1.807) is 54.6 Å². The molecule has 1 aromatic heterocycles. The summed E-state index contributed by atoms with van der Waals surface area (Å²) in [5.74, 6) is -0.0230. The summed E-state index contributed by atoms with van der Waals surface area (Å²) in [7, 11) is -3.70. The van der Waals surface area contributed by atoms with Gasteiger partial charge in [-0.25, -0.2) is 8.42 Å². The van der Waals surface area contributed by atoms with Gasteiger partial charge in [0.15, 0.2) is 15.6 Å². The van der Waals surface area contributed by atoms with Crippen LogP contribution < -0.4 is 15.8 Å². The van der Waals surface area contributed by atoms with Crippen molar-refractivity contribution in [3.8, 4) is 27.3 Å². The van der Waals surface area contributed by atoms with Crippen molar-refractivity contribution in [3.63, 3.8) is 0 Å². The molecule has 1 aliphatic heterocycles. The molecule has 0 fully saturated rings. The standard InChI is InChI=1S/C37H34N2O6S2/c1-24-6-8-25(9-7-24)22-39-37(41)33-20-28-23-47(42,43)34-21-27(12-15-32(34)36(28)46-33)30-4-2-3-5-31(30)35(40)26-10-13-29(14-11-26)45-19-18-44-17-16-38/h2-15,20-21H,16-19,22-23,38H2,1H3,(H,39,41). The predicted molar refractivity (Wildman–Crippen MR) is 184 cm³/mol. The largest absolute Gasteiger partial charge is 0.491 e. The fourth-order valence-corrected chi connectivity index (χ4v) is 8.36. The molecule has 0 unspecified atom stereocenters. The summed E-state index contributed by atoms with van der Waals surface area (Å²) >= 11 is 1.29. The molecule has 6 rings (SSSR count). The molecule has 4 aromatic carbocycles. The van der Waals surface area contributed by atoms with Crippen molar-refractivity contribution in [2.24, 2.45) is 5.73 Å². The number of fused-ring (bicyclic) bond motifs is 3. The number of nitrogens with two attached hydrogens (primary N) is 1. The zero-order valence-corrected chi connectivity index (χ0v) is 27.5. The summed E-state index contributed by atoms with van der Waals surface area (Å²) in [6, 6.07) is 28.9. The fraction of sp³-hybridized carbons (Fsp3) is 0.189. The number of benzene rings is 4. The van der Waals surface area contributed by atoms with Crippen molar-refractivity contribution in [1.29, 1.82) is 0 Å². The molecular formula is C37H34N2O6S2. The molecule has 0 aliphatic carbocycles. The van der Waals surface area contributed by atoms with Gasteiger partial charge in [0.25, 0.3) is 5.91 Å². The van der Waals surface area contributed by atoms with Gasteiger partial charge in [-0.05, 0) is 65.6 Å². The van der Waals surface area contributed by atoms with Crippen LogP contribution in [0.1, 0.15) is 42.3 Å². The van der Waals surface area contributed by atoms with E-state index in [2.05, 4.69) is 5.32 Å². The summed E-state index contributed by atoms with van der Waals surface area (Å²) in [5.41, 5.74) is 10.9. The lowest BCUT2D eigenvalue weighted by Gasteiger charge is -2.18. The Morgan fingerprint density at radius 3 is 2.40 bits per heavy atom. The van der Waals surface area contributed by atoms with Crippen molar-refractivity contribution in [1.82, 2.24) is 5.32 Å². The number of amides is 1. The van der Waals surface area contributed by atoms with Gasteiger partial charge in [0.1, 0.15) is 12.4 Å². The normalized spacial score (nSPS) is 13.0. The summed E-state index contributed by atoms with van der Waals surface area (Å²) < 4.78 is 38.1. The number of hydrogen-bond donors (Lipinski definition) is 2. The third-order valence-electron chi connectivity index (χ3n) is 7.87. The van der Waals surface area contributed by atoms with Crippen molar-refractivity contribution >= 4 is 32.9 Å². The maximum absolute atomic E-state index is 13.7. The van der Waals surface area contributed by atoms with Crippen molar-refractivity contribution in [3.05, 3.63) is 130 Å². The zero-order chi connectivity index (χ0) is 33.0. The van der Waals surface area contributed by atoms with E-state index in [1.807, 2.05) is 49.4 Å². The zero-order valence-electron chi connectivity index (χ0n) is 25.8. The van der Waals surface area contributed by atoms with Gasteiger partial charge < -0.3 is 20.5 Å². The maximum Gasteiger partial charge on any atom is 0.261 e. The monoisotopic (exact) mass is 666 g/mol. The Morgan fingerprint density at radius 2 is 1.64 bits per heavy atom. The van der Waals surface area contributed by atoms with Crippen LogP contribution in [0.3, 0.4) is 0 Å². The average Bonchev–Trinajstić information content (AvgIpc) is 3.51. The Bertz CT molecular complexity index is 2030. The first kappa shape index (κ1) is 32.3. The minimum Gasteiger partial charge on any atom is -0.491 e. The van der Waals surface area contributed by atoms with Crippen molar-refractivity contribution in [2.75, 3.05) is 26.4 Å². The van der Waals surface area contributed by atoms with Crippen LogP contribution in [-0.2, 0) is 26.9 Å². The first-order valence-corrected chi connectivity index (χ1v) is 17.7. The van der Waals surface area contributed by atoms with Crippen LogP contribution in [0, 0.1) is 6.92 Å². The Labute approximate surface area is 278 Å². The molecule has 0 bridgehead atoms. The number of thiophene rings is 1. The topological polar surface area (TPSA) is 125 Å². The van der Waals surface area contributed by atoms with Gasteiger partial charge in [0, 0.05) is 34.7 Å². The quantitative estimate of drug-likeness (QED) is 0.120. The van der Waals surface area contributed by atoms with E-state index in [1.165, 1.54) is 11.3 Å². The van der Waals surface area contributed by atoms with E-state index in [4.69, 9.17) is 15.2 Å². The van der Waals surface area contributed by atoms with Crippen LogP contribution in [-0.4, -0.2) is 46.5 Å². The average molecular weight is 667 g/mol. The molecule has 0 saturated heterocycles. The first-order valence-electron chi connectivity index (χ1n) is 15.2. The van der Waals surface area contributed by atoms with Crippen molar-refractivity contribution < 1.29 is 27.5 Å². The van der Waals surface area contributed by atoms with Crippen LogP contribution in [0.2, 0.25) is 0 Å². The SMILES string of the molecule is Cc1ccc(CNC(=O)c2cc3c(s2)-c2ccc(-c4ccccc4C(=O)c4ccc(OCCOCCN)cc4)cc2S(=O)(=O)C3)cc1. The Balaban J connectivity index is 1.23. The highest BCUT2D eigenvalue weighted by molar-refractivity contribution is 7.91. The molecule has 2 heterocycles. The van der Waals surface area contributed by atoms with Crippen LogP contribution in [0.15, 0.2) is 102 Å². The molecule has 5 aromatic rings. The summed E-state index contributed by atoms with van der Waals surface area (Å²) in [4.78, 5) is 28.1. The summed E-state index contributed by atoms with van der Waals surface area (Å²) in [6.45, 7) is 4.09. The second-order valence-corrected chi connectivity index (χ2v) is 14.3. The van der Waals surface area contributed by atoms with Crippen LogP contribution in [0.4, 0.5) is 0 Å². The van der Waals surface area contributed by atoms with Gasteiger partial charge in [-0.2, -0.15) is 0 Å². The number of sulfone groups is 1. The molecule has 0 atom stereocenters. The molecule has 0 saturated carbocycles. The van der Waals surface area contributed by atoms with E-state index in [-0.39, 0.29) is 22.3 Å². The van der Waals surface area contributed by atoms with Gasteiger partial charge in [-0.3, -0.25) is 9.59 Å². The fourth-order valence-electron chi connectivity index (χ4n) is 5.46. The molecular weight excluding hydrogens is 633 g/mol. The molecule has 0 spiro atoms. The van der Waals surface area contributed by atoms with Crippen LogP contribution >= 0.6 is 11.3 Å². The minimum atomic E-state index is -3.70. The molecule has 47 heavy (non-hydrogen) atoms. The Morgan fingerprint density at radius 1 is 0.872 bits per heavy atom. The second kappa shape index (κ2) is 14.0. The highest BCUT2D eigenvalue weighted by Crippen LogP contribution is 2.44. The molecule has 3 N–H and O–H groups in total. The molecule has 8 nitrogen and oxygen atoms in total. The van der Waals surface area contributed by atoms with E-state index in [0.717, 1.165) is 16.0 Å². The smallest absolute Gasteiger partial charge is 0.261 e. The number of carbonyl (C=O) groups is 2. The number of ether oxygens (including phenoxy) is 2. The second-order valence-electron chi connectivity index (χ2n) is 11.3. The molecule has 240 valence electrons. The number of hydrogen-bond acceptors (Lipinski definition) is 8. The summed E-state index contributed by atoms with van der Waals surface area (Å²) in [6.07, 6.45) is 0. The molecule has 1 amide bonds. The van der Waals surface area contributed by atoms with E-state index < -0.39 is 9.84 Å². The molecule has 10 heteroatoms. The van der Waals surface area contributed by atoms with E-state index >= 15 is 0 Å². The van der Waals surface area contributed by atoms with Gasteiger partial charge in [0.2, 0.25) is 0 Å². The number of rotatable bonds is 12. The highest BCUT2D eigenvalue weighted by Gasteiger charge is 2.31. The first-order chi connectivity index (χ1) is 22.7. The van der Waals surface area contributed by atoms with Gasteiger partial charge in [0.05, 0.1) is 28.7 Å². The highest BCUT2D eigenvalue weighted by atomic mass is 32.2.